The quantitative estimate of drug-likeness (QED) is 0.822. The molecule has 2 aliphatic rings. The Morgan fingerprint density at radius 1 is 1.10 bits per heavy atom. The Morgan fingerprint density at radius 2 is 1.71 bits per heavy atom. The van der Waals surface area contributed by atoms with Crippen LogP contribution in [-0.2, 0) is 9.53 Å². The summed E-state index contributed by atoms with van der Waals surface area (Å²) in [5.74, 6) is -0.246. The van der Waals surface area contributed by atoms with Crippen LogP contribution >= 0.6 is 0 Å². The predicted octanol–water partition coefficient (Wildman–Crippen LogP) is 1.25. The van der Waals surface area contributed by atoms with Gasteiger partial charge in [-0.3, -0.25) is 15.0 Å². The van der Waals surface area contributed by atoms with Crippen LogP contribution in [0, 0.1) is 0 Å². The second kappa shape index (κ2) is 7.75. The van der Waals surface area contributed by atoms with Crippen molar-refractivity contribution in [3.63, 3.8) is 0 Å². The first-order valence-corrected chi connectivity index (χ1v) is 8.01. The zero-order valence-corrected chi connectivity index (χ0v) is 13.1. The van der Waals surface area contributed by atoms with E-state index in [1.807, 2.05) is 18.7 Å². The second-order valence-corrected chi connectivity index (χ2v) is 6.31. The Kier molecular flexibility index (Phi) is 5.99. The van der Waals surface area contributed by atoms with Gasteiger partial charge >= 0.3 is 6.03 Å². The molecular formula is C15H27N3O3. The number of amides is 3. The van der Waals surface area contributed by atoms with Crippen molar-refractivity contribution in [2.24, 2.45) is 0 Å². The molecule has 1 heterocycles. The number of morpholine rings is 1. The molecule has 2 fully saturated rings. The highest BCUT2D eigenvalue weighted by atomic mass is 16.5. The topological polar surface area (TPSA) is 70.7 Å². The molecule has 120 valence electrons. The summed E-state index contributed by atoms with van der Waals surface area (Å²) < 4.78 is 5.63. The summed E-state index contributed by atoms with van der Waals surface area (Å²) in [5, 5.41) is 5.32. The Balaban J connectivity index is 1.69. The van der Waals surface area contributed by atoms with Crippen molar-refractivity contribution < 1.29 is 14.3 Å². The van der Waals surface area contributed by atoms with E-state index in [2.05, 4.69) is 10.6 Å². The zero-order valence-electron chi connectivity index (χ0n) is 13.1. The third-order valence-electron chi connectivity index (χ3n) is 4.06. The third-order valence-corrected chi connectivity index (χ3v) is 4.06. The van der Waals surface area contributed by atoms with Gasteiger partial charge < -0.3 is 10.1 Å². The van der Waals surface area contributed by atoms with E-state index in [0.717, 1.165) is 38.8 Å². The number of imide groups is 1. The molecule has 0 radical (unpaired) electrons. The molecule has 0 aromatic heterocycles. The Morgan fingerprint density at radius 3 is 2.33 bits per heavy atom. The number of carbonyl (C=O) groups excluding carboxylic acids is 2. The summed E-state index contributed by atoms with van der Waals surface area (Å²) in [6.45, 7) is 5.69. The summed E-state index contributed by atoms with van der Waals surface area (Å²) in [5.41, 5.74) is 0. The first-order valence-electron chi connectivity index (χ1n) is 8.01. The van der Waals surface area contributed by atoms with E-state index in [9.17, 15) is 9.59 Å². The van der Waals surface area contributed by atoms with Crippen LogP contribution in [0.2, 0.25) is 0 Å². The van der Waals surface area contributed by atoms with Crippen LogP contribution in [0.1, 0.15) is 46.0 Å². The summed E-state index contributed by atoms with van der Waals surface area (Å²) in [4.78, 5) is 25.8. The summed E-state index contributed by atoms with van der Waals surface area (Å²) in [6.07, 6.45) is 5.83. The molecule has 6 heteroatoms. The number of ether oxygens (including phenoxy) is 1. The minimum Gasteiger partial charge on any atom is -0.373 e. The molecular weight excluding hydrogens is 270 g/mol. The van der Waals surface area contributed by atoms with Gasteiger partial charge in [-0.1, -0.05) is 19.3 Å². The Hall–Kier alpha value is -1.14. The lowest BCUT2D eigenvalue weighted by Crippen LogP contribution is -2.52. The van der Waals surface area contributed by atoms with Gasteiger partial charge in [-0.05, 0) is 26.7 Å². The van der Waals surface area contributed by atoms with Crippen LogP contribution in [-0.4, -0.2) is 54.7 Å². The maximum absolute atomic E-state index is 11.9. The normalized spacial score (nSPS) is 28.1. The van der Waals surface area contributed by atoms with Crippen LogP contribution in [0.25, 0.3) is 0 Å². The van der Waals surface area contributed by atoms with Crippen LogP contribution in [0.5, 0.6) is 0 Å². The van der Waals surface area contributed by atoms with Gasteiger partial charge in [-0.15, -0.1) is 0 Å². The zero-order chi connectivity index (χ0) is 15.2. The fourth-order valence-electron chi connectivity index (χ4n) is 3.25. The molecule has 21 heavy (non-hydrogen) atoms. The minimum atomic E-state index is -0.360. The molecule has 2 atom stereocenters. The predicted molar refractivity (Wildman–Crippen MR) is 80.0 cm³/mol. The van der Waals surface area contributed by atoms with Crippen LogP contribution < -0.4 is 10.6 Å². The minimum absolute atomic E-state index is 0.123. The lowest BCUT2D eigenvalue weighted by Gasteiger charge is -2.34. The van der Waals surface area contributed by atoms with E-state index in [4.69, 9.17) is 4.74 Å². The first kappa shape index (κ1) is 16.2. The number of urea groups is 1. The Labute approximate surface area is 126 Å². The molecule has 0 bridgehead atoms. The molecule has 0 spiro atoms. The molecule has 0 aromatic rings. The average molecular weight is 297 g/mol. The van der Waals surface area contributed by atoms with E-state index < -0.39 is 0 Å². The van der Waals surface area contributed by atoms with Crippen molar-refractivity contribution in [3.05, 3.63) is 0 Å². The van der Waals surface area contributed by atoms with Gasteiger partial charge in [-0.25, -0.2) is 4.79 Å². The first-order chi connectivity index (χ1) is 10.0. The maximum atomic E-state index is 11.9. The van der Waals surface area contributed by atoms with E-state index >= 15 is 0 Å². The van der Waals surface area contributed by atoms with E-state index in [0.29, 0.717) is 0 Å². The Bertz CT molecular complexity index is 359. The van der Waals surface area contributed by atoms with E-state index in [1.54, 1.807) is 0 Å². The molecule has 2 unspecified atom stereocenters. The fraction of sp³-hybridized carbons (Fsp3) is 0.867. The van der Waals surface area contributed by atoms with Gasteiger partial charge in [0.15, 0.2) is 0 Å². The number of carbonyl (C=O) groups is 2. The molecule has 0 aromatic carbocycles. The van der Waals surface area contributed by atoms with Crippen molar-refractivity contribution in [1.82, 2.24) is 15.5 Å². The van der Waals surface area contributed by atoms with E-state index in [-0.39, 0.29) is 36.7 Å². The van der Waals surface area contributed by atoms with Gasteiger partial charge in [0.2, 0.25) is 5.91 Å². The molecule has 1 aliphatic carbocycles. The number of nitrogens with zero attached hydrogens (tertiary/aromatic N) is 1. The van der Waals surface area contributed by atoms with E-state index in [1.165, 1.54) is 6.42 Å². The highest BCUT2D eigenvalue weighted by Gasteiger charge is 2.24. The van der Waals surface area contributed by atoms with Crippen LogP contribution in [0.15, 0.2) is 0 Å². The highest BCUT2D eigenvalue weighted by molar-refractivity contribution is 5.95. The molecule has 6 nitrogen and oxygen atoms in total. The summed E-state index contributed by atoms with van der Waals surface area (Å²) >= 11 is 0. The number of rotatable bonds is 3. The molecule has 3 amide bonds. The second-order valence-electron chi connectivity index (χ2n) is 6.31. The fourth-order valence-corrected chi connectivity index (χ4v) is 3.25. The third kappa shape index (κ3) is 5.63. The van der Waals surface area contributed by atoms with Gasteiger partial charge in [0.1, 0.15) is 0 Å². The van der Waals surface area contributed by atoms with Crippen molar-refractivity contribution in [1.29, 1.82) is 0 Å². The number of hydrogen-bond donors (Lipinski definition) is 2. The van der Waals surface area contributed by atoms with Crippen molar-refractivity contribution >= 4 is 11.9 Å². The molecule has 1 saturated carbocycles. The smallest absolute Gasteiger partial charge is 0.321 e. The van der Waals surface area contributed by atoms with Crippen molar-refractivity contribution in [3.8, 4) is 0 Å². The molecule has 2 rings (SSSR count). The lowest BCUT2D eigenvalue weighted by molar-refractivity contribution is -0.124. The van der Waals surface area contributed by atoms with Crippen molar-refractivity contribution in [2.75, 3.05) is 19.6 Å². The number of hydrogen-bond acceptors (Lipinski definition) is 4. The van der Waals surface area contributed by atoms with Crippen molar-refractivity contribution in [2.45, 2.75) is 64.2 Å². The highest BCUT2D eigenvalue weighted by Crippen LogP contribution is 2.17. The van der Waals surface area contributed by atoms with Gasteiger partial charge in [0.25, 0.3) is 0 Å². The molecule has 2 N–H and O–H groups in total. The van der Waals surface area contributed by atoms with Crippen LogP contribution in [0.4, 0.5) is 4.79 Å². The monoisotopic (exact) mass is 297 g/mol. The largest absolute Gasteiger partial charge is 0.373 e. The molecule has 1 aliphatic heterocycles. The maximum Gasteiger partial charge on any atom is 0.321 e. The SMILES string of the molecule is CC1CN(CC(=O)NC(=O)NC2CCCCC2)CC(C)O1. The molecule has 1 saturated heterocycles. The van der Waals surface area contributed by atoms with Crippen LogP contribution in [0.3, 0.4) is 0 Å². The number of nitrogens with one attached hydrogen (secondary N) is 2. The van der Waals surface area contributed by atoms with Gasteiger partial charge in [-0.2, -0.15) is 0 Å². The van der Waals surface area contributed by atoms with Gasteiger partial charge in [0, 0.05) is 19.1 Å². The average Bonchev–Trinajstić information content (AvgIpc) is 2.37. The van der Waals surface area contributed by atoms with Gasteiger partial charge in [0.05, 0.1) is 18.8 Å². The lowest BCUT2D eigenvalue weighted by atomic mass is 9.96. The summed E-state index contributed by atoms with van der Waals surface area (Å²) in [6, 6.07) is -0.142. The summed E-state index contributed by atoms with van der Waals surface area (Å²) in [7, 11) is 0. The standard InChI is InChI=1S/C15H27N3O3/c1-11-8-18(9-12(2)21-11)10-14(19)17-15(20)16-13-6-4-3-5-7-13/h11-13H,3-10H2,1-2H3,(H2,16,17,19,20).